The van der Waals surface area contributed by atoms with E-state index >= 15 is 0 Å². The Kier molecular flexibility index (Phi) is 7.21. The fourth-order valence-electron chi connectivity index (χ4n) is 4.55. The zero-order valence-electron chi connectivity index (χ0n) is 21.5. The maximum absolute atomic E-state index is 13.4. The number of nitrogens with one attached hydrogen (secondary N) is 1. The highest BCUT2D eigenvalue weighted by molar-refractivity contribution is 7.89. The molecule has 0 atom stereocenters. The summed E-state index contributed by atoms with van der Waals surface area (Å²) < 4.78 is 35.3. The van der Waals surface area contributed by atoms with Crippen LogP contribution in [0.5, 0.6) is 5.75 Å². The van der Waals surface area contributed by atoms with Gasteiger partial charge in [0.15, 0.2) is 11.2 Å². The molecule has 0 amide bonds. The van der Waals surface area contributed by atoms with Crippen LogP contribution in [0.3, 0.4) is 0 Å². The second-order valence-electron chi connectivity index (χ2n) is 9.21. The lowest BCUT2D eigenvalue weighted by Crippen LogP contribution is -2.47. The highest BCUT2D eigenvalue weighted by Gasteiger charge is 2.29. The van der Waals surface area contributed by atoms with E-state index in [9.17, 15) is 23.1 Å². The maximum atomic E-state index is 13.4. The number of carboxylic acid groups (broad SMARTS) is 1. The van der Waals surface area contributed by atoms with Gasteiger partial charge in [-0.1, -0.05) is 30.3 Å². The van der Waals surface area contributed by atoms with Crippen LogP contribution in [0.15, 0.2) is 58.2 Å². The number of ether oxygens (including phenoxy) is 1. The number of aromatic carboxylic acids is 1. The van der Waals surface area contributed by atoms with Gasteiger partial charge in [0.2, 0.25) is 10.0 Å². The van der Waals surface area contributed by atoms with Crippen LogP contribution in [0.25, 0.3) is 22.4 Å². The van der Waals surface area contributed by atoms with E-state index in [2.05, 4.69) is 20.0 Å². The molecule has 1 aliphatic heterocycles. The zero-order valence-corrected chi connectivity index (χ0v) is 22.3. The third-order valence-corrected chi connectivity index (χ3v) is 8.48. The van der Waals surface area contributed by atoms with Crippen molar-refractivity contribution in [2.24, 2.45) is 0 Å². The fraction of sp³-hybridized carbons (Fsp3) is 0.308. The summed E-state index contributed by atoms with van der Waals surface area (Å²) in [5.41, 5.74) is -0.0553. The number of rotatable bonds is 8. The molecule has 5 rings (SSSR count). The molecule has 1 saturated heterocycles. The van der Waals surface area contributed by atoms with Gasteiger partial charge in [0.25, 0.3) is 5.56 Å². The van der Waals surface area contributed by atoms with Crippen LogP contribution in [-0.4, -0.2) is 88.3 Å². The van der Waals surface area contributed by atoms with Gasteiger partial charge in [-0.05, 0) is 37.7 Å². The Bertz CT molecular complexity index is 1690. The van der Waals surface area contributed by atoms with Gasteiger partial charge in [-0.25, -0.2) is 18.2 Å². The van der Waals surface area contributed by atoms with Crippen LogP contribution in [0, 0.1) is 0 Å². The van der Waals surface area contributed by atoms with Crippen molar-refractivity contribution in [3.8, 4) is 17.1 Å². The van der Waals surface area contributed by atoms with Crippen LogP contribution in [0.4, 0.5) is 0 Å². The number of nitrogens with zero attached hydrogens (tertiary/aromatic N) is 5. The number of aromatic amines is 1. The third-order valence-electron chi connectivity index (χ3n) is 6.58. The fourth-order valence-corrected chi connectivity index (χ4v) is 5.99. The van der Waals surface area contributed by atoms with Crippen molar-refractivity contribution < 1.29 is 23.1 Å². The number of carboxylic acids is 1. The molecule has 3 heterocycles. The predicted octanol–water partition coefficient (Wildman–Crippen LogP) is 1.87. The van der Waals surface area contributed by atoms with Gasteiger partial charge in [0.1, 0.15) is 17.1 Å². The monoisotopic (exact) mass is 552 g/mol. The molecule has 204 valence electrons. The summed E-state index contributed by atoms with van der Waals surface area (Å²) in [7, 11) is -1.90. The van der Waals surface area contributed by atoms with E-state index in [-0.39, 0.29) is 46.2 Å². The number of aromatic nitrogens is 4. The van der Waals surface area contributed by atoms with E-state index in [0.717, 1.165) is 5.56 Å². The van der Waals surface area contributed by atoms with Gasteiger partial charge in [-0.2, -0.15) is 9.40 Å². The number of likely N-dealkylation sites (N-methyl/N-ethyl adjacent to an activating group) is 1. The molecule has 1 aliphatic rings. The molecule has 12 nitrogen and oxygen atoms in total. The van der Waals surface area contributed by atoms with Crippen molar-refractivity contribution in [1.29, 1.82) is 0 Å². The smallest absolute Gasteiger partial charge is 0.358 e. The van der Waals surface area contributed by atoms with Gasteiger partial charge in [0.05, 0.1) is 23.6 Å². The van der Waals surface area contributed by atoms with E-state index in [1.807, 2.05) is 37.4 Å². The van der Waals surface area contributed by atoms with Crippen LogP contribution >= 0.6 is 0 Å². The van der Waals surface area contributed by atoms with Crippen LogP contribution in [-0.2, 0) is 16.6 Å². The summed E-state index contributed by atoms with van der Waals surface area (Å²) in [5, 5.41) is 14.0. The first-order valence-corrected chi connectivity index (χ1v) is 13.9. The summed E-state index contributed by atoms with van der Waals surface area (Å²) in [6.07, 6.45) is 0. The van der Waals surface area contributed by atoms with E-state index < -0.39 is 21.6 Å². The van der Waals surface area contributed by atoms with Crippen molar-refractivity contribution >= 4 is 27.0 Å². The Morgan fingerprint density at radius 3 is 2.49 bits per heavy atom. The van der Waals surface area contributed by atoms with Gasteiger partial charge in [0, 0.05) is 26.2 Å². The van der Waals surface area contributed by atoms with Crippen LogP contribution in [0.2, 0.25) is 0 Å². The van der Waals surface area contributed by atoms with Crippen molar-refractivity contribution in [3.63, 3.8) is 0 Å². The number of carbonyl (C=O) groups is 1. The molecule has 0 radical (unpaired) electrons. The summed E-state index contributed by atoms with van der Waals surface area (Å²) in [6.45, 7) is 4.14. The number of piperazine rings is 1. The molecular formula is C26H28N6O6S. The molecule has 0 unspecified atom stereocenters. The van der Waals surface area contributed by atoms with Crippen molar-refractivity contribution in [1.82, 2.24) is 29.0 Å². The average Bonchev–Trinajstić information content (AvgIpc) is 3.29. The number of benzene rings is 2. The van der Waals surface area contributed by atoms with E-state index in [1.165, 1.54) is 27.2 Å². The van der Waals surface area contributed by atoms with Crippen LogP contribution in [0.1, 0.15) is 23.0 Å². The predicted molar refractivity (Wildman–Crippen MR) is 144 cm³/mol. The number of hydrogen-bond acceptors (Lipinski definition) is 8. The zero-order chi connectivity index (χ0) is 27.7. The van der Waals surface area contributed by atoms with Gasteiger partial charge >= 0.3 is 5.97 Å². The average molecular weight is 553 g/mol. The molecule has 0 spiro atoms. The lowest BCUT2D eigenvalue weighted by atomic mass is 10.1. The molecule has 13 heteroatoms. The summed E-state index contributed by atoms with van der Waals surface area (Å²) in [4.78, 5) is 34.6. The lowest BCUT2D eigenvalue weighted by Gasteiger charge is -2.31. The minimum absolute atomic E-state index is 0.000763. The van der Waals surface area contributed by atoms with Gasteiger partial charge in [-0.15, -0.1) is 0 Å². The highest BCUT2D eigenvalue weighted by atomic mass is 32.2. The van der Waals surface area contributed by atoms with E-state index in [1.54, 1.807) is 6.92 Å². The Morgan fingerprint density at radius 1 is 1.10 bits per heavy atom. The second-order valence-corrected chi connectivity index (χ2v) is 11.1. The Morgan fingerprint density at radius 2 is 1.82 bits per heavy atom. The normalized spacial score (nSPS) is 15.0. The van der Waals surface area contributed by atoms with E-state index in [0.29, 0.717) is 31.9 Å². The minimum atomic E-state index is -3.83. The first-order valence-electron chi connectivity index (χ1n) is 12.4. The first-order chi connectivity index (χ1) is 18.7. The number of H-pyrrole nitrogens is 1. The van der Waals surface area contributed by atoms with Crippen molar-refractivity contribution in [2.75, 3.05) is 39.8 Å². The quantitative estimate of drug-likeness (QED) is 0.334. The molecule has 2 aromatic heterocycles. The molecular weight excluding hydrogens is 524 g/mol. The molecule has 39 heavy (non-hydrogen) atoms. The number of sulfonamides is 1. The van der Waals surface area contributed by atoms with Gasteiger partial charge in [-0.3, -0.25) is 9.48 Å². The standard InChI is InChI=1S/C26H28N6O6S/c1-3-38-20-10-9-18(39(36,37)31-13-11-30(2)12-14-31)15-19(20)24-27-21-22(26(34)35)29-32(23(21)25(33)28-24)16-17-7-5-4-6-8-17/h4-10,15H,3,11-14,16H2,1-2H3,(H,34,35)(H,27,28,33). The first kappa shape index (κ1) is 26.5. The second kappa shape index (κ2) is 10.6. The SMILES string of the molecule is CCOc1ccc(S(=O)(=O)N2CCN(C)CC2)cc1-c1nc2c(C(=O)O)nn(Cc3ccccc3)c2c(=O)[nH]1. The van der Waals surface area contributed by atoms with Crippen LogP contribution < -0.4 is 10.3 Å². The Balaban J connectivity index is 1.64. The van der Waals surface area contributed by atoms with Gasteiger partial charge < -0.3 is 19.7 Å². The summed E-state index contributed by atoms with van der Waals surface area (Å²) >= 11 is 0. The molecule has 1 fully saturated rings. The molecule has 0 bridgehead atoms. The molecule has 0 saturated carbocycles. The van der Waals surface area contributed by atoms with Crippen molar-refractivity contribution in [2.45, 2.75) is 18.4 Å². The Hall–Kier alpha value is -4.07. The minimum Gasteiger partial charge on any atom is -0.493 e. The largest absolute Gasteiger partial charge is 0.493 e. The molecule has 2 N–H and O–H groups in total. The topological polar surface area (TPSA) is 151 Å². The maximum Gasteiger partial charge on any atom is 0.358 e. The Labute approximate surface area is 224 Å². The van der Waals surface area contributed by atoms with Crippen molar-refractivity contribution in [3.05, 3.63) is 70.1 Å². The number of fused-ring (bicyclic) bond motifs is 1. The van der Waals surface area contributed by atoms with E-state index in [4.69, 9.17) is 4.74 Å². The summed E-state index contributed by atoms with van der Waals surface area (Å²) in [6, 6.07) is 13.6. The highest BCUT2D eigenvalue weighted by Crippen LogP contribution is 2.32. The molecule has 4 aromatic rings. The number of hydrogen-bond donors (Lipinski definition) is 2. The summed E-state index contributed by atoms with van der Waals surface area (Å²) in [5.74, 6) is -1.06. The molecule has 2 aromatic carbocycles. The lowest BCUT2D eigenvalue weighted by molar-refractivity contribution is 0.0691. The third kappa shape index (κ3) is 5.15. The molecule has 0 aliphatic carbocycles.